The van der Waals surface area contributed by atoms with Gasteiger partial charge in [-0.05, 0) is 17.9 Å². The van der Waals surface area contributed by atoms with Crippen LogP contribution >= 0.6 is 0 Å². The summed E-state index contributed by atoms with van der Waals surface area (Å²) in [4.78, 5) is 46.7. The number of carboxylic acids is 1. The van der Waals surface area contributed by atoms with Gasteiger partial charge in [-0.1, -0.05) is 44.2 Å². The van der Waals surface area contributed by atoms with E-state index in [2.05, 4.69) is 10.6 Å². The van der Waals surface area contributed by atoms with Crippen LogP contribution in [0.5, 0.6) is 0 Å². The van der Waals surface area contributed by atoms with E-state index in [9.17, 15) is 19.2 Å². The highest BCUT2D eigenvalue weighted by Gasteiger charge is 2.26. The molecule has 0 aromatic heterocycles. The van der Waals surface area contributed by atoms with Gasteiger partial charge < -0.3 is 21.5 Å². The van der Waals surface area contributed by atoms with Gasteiger partial charge in [0.05, 0.1) is 0 Å². The van der Waals surface area contributed by atoms with Crippen LogP contribution in [-0.2, 0) is 25.6 Å². The Morgan fingerprint density at radius 2 is 1.67 bits per heavy atom. The van der Waals surface area contributed by atoms with E-state index >= 15 is 0 Å². The van der Waals surface area contributed by atoms with Crippen molar-refractivity contribution in [3.63, 3.8) is 0 Å². The lowest BCUT2D eigenvalue weighted by Crippen LogP contribution is -2.53. The molecule has 0 aliphatic rings. The minimum absolute atomic E-state index is 0.128. The van der Waals surface area contributed by atoms with Gasteiger partial charge >= 0.3 is 5.97 Å². The van der Waals surface area contributed by atoms with Gasteiger partial charge in [-0.3, -0.25) is 14.4 Å². The van der Waals surface area contributed by atoms with E-state index in [1.807, 2.05) is 19.9 Å². The number of rotatable bonds is 10. The van der Waals surface area contributed by atoms with Gasteiger partial charge in [-0.15, -0.1) is 0 Å². The number of primary amides is 1. The molecule has 8 heteroatoms. The molecular weight excluding hydrogens is 350 g/mol. The predicted molar refractivity (Wildman–Crippen MR) is 99.4 cm³/mol. The molecule has 0 saturated carbocycles. The van der Waals surface area contributed by atoms with Crippen molar-refractivity contribution in [3.8, 4) is 0 Å². The molecule has 0 bridgehead atoms. The summed E-state index contributed by atoms with van der Waals surface area (Å²) in [6, 6.07) is 7.13. The van der Waals surface area contributed by atoms with Gasteiger partial charge in [-0.2, -0.15) is 0 Å². The average Bonchev–Trinajstić information content (AvgIpc) is 2.59. The molecule has 3 amide bonds. The molecule has 1 aromatic rings. The summed E-state index contributed by atoms with van der Waals surface area (Å²) in [5.41, 5.74) is 6.14. The maximum absolute atomic E-state index is 12.6. The normalized spacial score (nSPS) is 13.1. The number of hydrogen-bond acceptors (Lipinski definition) is 4. The van der Waals surface area contributed by atoms with Crippen LogP contribution in [0, 0.1) is 5.92 Å². The van der Waals surface area contributed by atoms with Gasteiger partial charge in [0.25, 0.3) is 0 Å². The molecule has 0 aliphatic carbocycles. The van der Waals surface area contributed by atoms with E-state index in [-0.39, 0.29) is 12.3 Å². The van der Waals surface area contributed by atoms with Crippen molar-refractivity contribution in [2.24, 2.45) is 11.7 Å². The largest absolute Gasteiger partial charge is 0.478 e. The first-order valence-corrected chi connectivity index (χ1v) is 8.54. The first-order valence-electron chi connectivity index (χ1n) is 8.54. The SMILES string of the molecule is CC(C)C[C@H](NC(=O)[C@H](Cc1ccccc1)NC(=O)/C=C\C(=O)O)C(N)=O. The summed E-state index contributed by atoms with van der Waals surface area (Å²) >= 11 is 0. The lowest BCUT2D eigenvalue weighted by atomic mass is 10.0. The number of carbonyl (C=O) groups excluding carboxylic acids is 3. The zero-order valence-corrected chi connectivity index (χ0v) is 15.3. The molecule has 0 heterocycles. The number of amides is 3. The van der Waals surface area contributed by atoms with Crippen LogP contribution in [0.4, 0.5) is 0 Å². The second-order valence-corrected chi connectivity index (χ2v) is 6.52. The molecule has 0 radical (unpaired) electrons. The molecule has 0 unspecified atom stereocenters. The highest BCUT2D eigenvalue weighted by Crippen LogP contribution is 2.07. The van der Waals surface area contributed by atoms with E-state index < -0.39 is 35.8 Å². The zero-order chi connectivity index (χ0) is 20.4. The molecule has 1 aromatic carbocycles. The second-order valence-electron chi connectivity index (χ2n) is 6.52. The molecular formula is C19H25N3O5. The molecule has 5 N–H and O–H groups in total. The van der Waals surface area contributed by atoms with E-state index in [0.717, 1.165) is 11.6 Å². The Morgan fingerprint density at radius 1 is 1.04 bits per heavy atom. The summed E-state index contributed by atoms with van der Waals surface area (Å²) in [5, 5.41) is 13.6. The minimum atomic E-state index is -1.28. The maximum atomic E-state index is 12.6. The highest BCUT2D eigenvalue weighted by molar-refractivity contribution is 5.97. The lowest BCUT2D eigenvalue weighted by molar-refractivity contribution is -0.132. The van der Waals surface area contributed by atoms with Crippen LogP contribution in [0.3, 0.4) is 0 Å². The molecule has 0 spiro atoms. The second kappa shape index (κ2) is 10.7. The Balaban J connectivity index is 2.93. The topological polar surface area (TPSA) is 139 Å². The molecule has 0 aliphatic heterocycles. The zero-order valence-electron chi connectivity index (χ0n) is 15.3. The first-order chi connectivity index (χ1) is 12.7. The standard InChI is InChI=1S/C19H25N3O5/c1-12(2)10-14(18(20)26)22-19(27)15(11-13-6-4-3-5-7-13)21-16(23)8-9-17(24)25/h3-9,12,14-15H,10-11H2,1-2H3,(H2,20,26)(H,21,23)(H,22,27)(H,24,25)/b9-8-/t14-,15-/m0/s1. The van der Waals surface area contributed by atoms with Gasteiger partial charge in [0.15, 0.2) is 0 Å². The van der Waals surface area contributed by atoms with Crippen molar-refractivity contribution < 1.29 is 24.3 Å². The maximum Gasteiger partial charge on any atom is 0.328 e. The fourth-order valence-electron chi connectivity index (χ4n) is 2.42. The molecule has 146 valence electrons. The smallest absolute Gasteiger partial charge is 0.328 e. The van der Waals surface area contributed by atoms with Gasteiger partial charge in [0.2, 0.25) is 17.7 Å². The van der Waals surface area contributed by atoms with Crippen LogP contribution in [0.25, 0.3) is 0 Å². The Bertz CT molecular complexity index is 701. The van der Waals surface area contributed by atoms with Crippen LogP contribution in [0.15, 0.2) is 42.5 Å². The molecule has 8 nitrogen and oxygen atoms in total. The summed E-state index contributed by atoms with van der Waals surface area (Å²) < 4.78 is 0. The summed E-state index contributed by atoms with van der Waals surface area (Å²) in [6.45, 7) is 3.78. The van der Waals surface area contributed by atoms with Crippen molar-refractivity contribution >= 4 is 23.7 Å². The summed E-state index contributed by atoms with van der Waals surface area (Å²) in [6.07, 6.45) is 2.05. The van der Waals surface area contributed by atoms with Crippen molar-refractivity contribution in [1.29, 1.82) is 0 Å². The van der Waals surface area contributed by atoms with Crippen LogP contribution in [0.1, 0.15) is 25.8 Å². The Morgan fingerprint density at radius 3 is 2.19 bits per heavy atom. The van der Waals surface area contributed by atoms with E-state index in [0.29, 0.717) is 12.5 Å². The fourth-order valence-corrected chi connectivity index (χ4v) is 2.42. The summed E-state index contributed by atoms with van der Waals surface area (Å²) in [7, 11) is 0. The molecule has 0 fully saturated rings. The van der Waals surface area contributed by atoms with Crippen LogP contribution < -0.4 is 16.4 Å². The number of carboxylic acid groups (broad SMARTS) is 1. The third kappa shape index (κ3) is 8.66. The highest BCUT2D eigenvalue weighted by atomic mass is 16.4. The van der Waals surface area contributed by atoms with Crippen molar-refractivity contribution in [3.05, 3.63) is 48.0 Å². The van der Waals surface area contributed by atoms with E-state index in [1.165, 1.54) is 0 Å². The number of benzene rings is 1. The number of nitrogens with two attached hydrogens (primary N) is 1. The third-order valence-corrected chi connectivity index (χ3v) is 3.66. The molecule has 27 heavy (non-hydrogen) atoms. The predicted octanol–water partition coefficient (Wildman–Crippen LogP) is 0.371. The van der Waals surface area contributed by atoms with Gasteiger partial charge in [0, 0.05) is 18.6 Å². The van der Waals surface area contributed by atoms with Gasteiger partial charge in [0.1, 0.15) is 12.1 Å². The summed E-state index contributed by atoms with van der Waals surface area (Å²) in [5.74, 6) is -3.11. The first kappa shape index (κ1) is 21.9. The number of nitrogens with one attached hydrogen (secondary N) is 2. The average molecular weight is 375 g/mol. The molecule has 1 rings (SSSR count). The molecule has 2 atom stereocenters. The number of carbonyl (C=O) groups is 4. The van der Waals surface area contributed by atoms with E-state index in [4.69, 9.17) is 10.8 Å². The number of hydrogen-bond donors (Lipinski definition) is 4. The monoisotopic (exact) mass is 375 g/mol. The van der Waals surface area contributed by atoms with E-state index in [1.54, 1.807) is 24.3 Å². The third-order valence-electron chi connectivity index (χ3n) is 3.66. The Hall–Kier alpha value is -3.16. The molecule has 0 saturated heterocycles. The fraction of sp³-hybridized carbons (Fsp3) is 0.368. The van der Waals surface area contributed by atoms with Crippen LogP contribution in [0.2, 0.25) is 0 Å². The quantitative estimate of drug-likeness (QED) is 0.438. The van der Waals surface area contributed by atoms with Crippen molar-refractivity contribution in [2.45, 2.75) is 38.8 Å². The van der Waals surface area contributed by atoms with Crippen molar-refractivity contribution in [1.82, 2.24) is 10.6 Å². The number of aliphatic carboxylic acids is 1. The lowest BCUT2D eigenvalue weighted by Gasteiger charge is -2.22. The van der Waals surface area contributed by atoms with Crippen LogP contribution in [-0.4, -0.2) is 40.9 Å². The van der Waals surface area contributed by atoms with Gasteiger partial charge in [-0.25, -0.2) is 4.79 Å². The Labute approximate surface area is 157 Å². The van der Waals surface area contributed by atoms with Crippen molar-refractivity contribution in [2.75, 3.05) is 0 Å². The minimum Gasteiger partial charge on any atom is -0.478 e. The Kier molecular flexibility index (Phi) is 8.71.